The van der Waals surface area contributed by atoms with Crippen LogP contribution in [0.3, 0.4) is 0 Å². The molecular weight excluding hydrogens is 248 g/mol. The van der Waals surface area contributed by atoms with Gasteiger partial charge in [0.1, 0.15) is 0 Å². The fraction of sp³-hybridized carbons (Fsp3) is 0.647. The highest BCUT2D eigenvalue weighted by Crippen LogP contribution is 2.27. The molecule has 1 aliphatic heterocycles. The summed E-state index contributed by atoms with van der Waals surface area (Å²) in [4.78, 5) is 2.43. The predicted molar refractivity (Wildman–Crippen MR) is 85.4 cm³/mol. The summed E-state index contributed by atoms with van der Waals surface area (Å²) in [6.07, 6.45) is 0.277. The van der Waals surface area contributed by atoms with E-state index in [1.165, 1.54) is 11.3 Å². The smallest absolute Gasteiger partial charge is 0.0805 e. The van der Waals surface area contributed by atoms with E-state index < -0.39 is 0 Å². The zero-order valence-electron chi connectivity index (χ0n) is 13.4. The Morgan fingerprint density at radius 2 is 2.00 bits per heavy atom. The number of nitrogens with zero attached hydrogens (tertiary/aromatic N) is 1. The number of hydrogen-bond acceptors (Lipinski definition) is 3. The van der Waals surface area contributed by atoms with E-state index in [0.717, 1.165) is 19.6 Å². The lowest BCUT2D eigenvalue weighted by Crippen LogP contribution is -2.52. The summed E-state index contributed by atoms with van der Waals surface area (Å²) >= 11 is 0. The number of nitrogens with one attached hydrogen (secondary N) is 1. The molecule has 2 unspecified atom stereocenters. The minimum absolute atomic E-state index is 0.0760. The van der Waals surface area contributed by atoms with Crippen LogP contribution in [0.4, 0.5) is 5.69 Å². The zero-order valence-corrected chi connectivity index (χ0v) is 13.4. The molecule has 1 N–H and O–H groups in total. The van der Waals surface area contributed by atoms with Gasteiger partial charge in [-0.1, -0.05) is 19.1 Å². The van der Waals surface area contributed by atoms with Crippen molar-refractivity contribution in [1.29, 1.82) is 0 Å². The molecule has 0 spiro atoms. The Kier molecular flexibility index (Phi) is 4.71. The second-order valence-electron chi connectivity index (χ2n) is 6.44. The third-order valence-corrected chi connectivity index (χ3v) is 3.84. The van der Waals surface area contributed by atoms with E-state index >= 15 is 0 Å². The highest BCUT2D eigenvalue weighted by Gasteiger charge is 2.31. The maximum atomic E-state index is 5.97. The Labute approximate surface area is 123 Å². The van der Waals surface area contributed by atoms with Gasteiger partial charge in [0.25, 0.3) is 0 Å². The lowest BCUT2D eigenvalue weighted by molar-refractivity contribution is -0.0749. The van der Waals surface area contributed by atoms with Gasteiger partial charge in [0.15, 0.2) is 0 Å². The van der Waals surface area contributed by atoms with Crippen LogP contribution < -0.4 is 10.2 Å². The fourth-order valence-electron chi connectivity index (χ4n) is 3.05. The van der Waals surface area contributed by atoms with Gasteiger partial charge in [-0.2, -0.15) is 0 Å². The Hall–Kier alpha value is -1.06. The van der Waals surface area contributed by atoms with Crippen molar-refractivity contribution in [1.82, 2.24) is 5.32 Å². The molecule has 112 valence electrons. The second-order valence-corrected chi connectivity index (χ2v) is 6.44. The summed E-state index contributed by atoms with van der Waals surface area (Å²) in [6, 6.07) is 9.34. The number of ether oxygens (including phenoxy) is 1. The lowest BCUT2D eigenvalue weighted by Gasteiger charge is -2.43. The quantitative estimate of drug-likeness (QED) is 0.912. The molecule has 1 heterocycles. The topological polar surface area (TPSA) is 24.5 Å². The van der Waals surface area contributed by atoms with Gasteiger partial charge >= 0.3 is 0 Å². The van der Waals surface area contributed by atoms with Gasteiger partial charge in [-0.3, -0.25) is 0 Å². The minimum atomic E-state index is -0.0760. The first-order chi connectivity index (χ1) is 9.41. The molecule has 3 nitrogen and oxygen atoms in total. The van der Waals surface area contributed by atoms with E-state index in [0.29, 0.717) is 6.04 Å². The van der Waals surface area contributed by atoms with Gasteiger partial charge < -0.3 is 15.0 Å². The minimum Gasteiger partial charge on any atom is -0.369 e. The van der Waals surface area contributed by atoms with Crippen molar-refractivity contribution in [3.8, 4) is 0 Å². The van der Waals surface area contributed by atoms with Crippen LogP contribution in [-0.2, 0) is 4.74 Å². The summed E-state index contributed by atoms with van der Waals surface area (Å²) in [5, 5.41) is 3.45. The Morgan fingerprint density at radius 1 is 1.35 bits per heavy atom. The van der Waals surface area contributed by atoms with E-state index in [-0.39, 0.29) is 11.7 Å². The van der Waals surface area contributed by atoms with E-state index in [2.05, 4.69) is 69.1 Å². The van der Waals surface area contributed by atoms with Crippen LogP contribution in [0, 0.1) is 0 Å². The molecule has 0 aliphatic carbocycles. The first kappa shape index (κ1) is 15.3. The molecule has 3 heteroatoms. The normalized spacial score (nSPS) is 23.6. The average molecular weight is 276 g/mol. The molecule has 0 saturated carbocycles. The SMILES string of the molecule is CCNC(C)c1ccc(N2CC(C)OC(C)(C)C2)cc1. The van der Waals surface area contributed by atoms with Gasteiger partial charge in [0, 0.05) is 24.8 Å². The number of rotatable bonds is 4. The summed E-state index contributed by atoms with van der Waals surface area (Å²) in [7, 11) is 0. The van der Waals surface area contributed by atoms with E-state index in [9.17, 15) is 0 Å². The Balaban J connectivity index is 2.09. The first-order valence-corrected chi connectivity index (χ1v) is 7.67. The molecule has 1 aromatic carbocycles. The molecule has 1 saturated heterocycles. The summed E-state index contributed by atoms with van der Waals surface area (Å²) < 4.78 is 5.97. The number of benzene rings is 1. The monoisotopic (exact) mass is 276 g/mol. The van der Waals surface area contributed by atoms with E-state index in [1.54, 1.807) is 0 Å². The van der Waals surface area contributed by atoms with Crippen LogP contribution in [0.2, 0.25) is 0 Å². The molecule has 2 atom stereocenters. The maximum absolute atomic E-state index is 5.97. The molecule has 1 fully saturated rings. The van der Waals surface area contributed by atoms with Crippen molar-refractivity contribution >= 4 is 5.69 Å². The zero-order chi connectivity index (χ0) is 14.8. The first-order valence-electron chi connectivity index (χ1n) is 7.67. The van der Waals surface area contributed by atoms with Crippen LogP contribution in [0.1, 0.15) is 46.2 Å². The third kappa shape index (κ3) is 3.74. The summed E-state index contributed by atoms with van der Waals surface area (Å²) in [5.41, 5.74) is 2.56. The van der Waals surface area contributed by atoms with Gasteiger partial charge in [-0.15, -0.1) is 0 Å². The van der Waals surface area contributed by atoms with E-state index in [1.807, 2.05) is 0 Å². The van der Waals surface area contributed by atoms with Crippen molar-refractivity contribution in [2.45, 2.75) is 52.4 Å². The van der Waals surface area contributed by atoms with Crippen LogP contribution in [0.15, 0.2) is 24.3 Å². The van der Waals surface area contributed by atoms with Gasteiger partial charge in [0.05, 0.1) is 11.7 Å². The standard InChI is InChI=1S/C17H28N2O/c1-6-18-14(3)15-7-9-16(10-8-15)19-11-13(2)20-17(4,5)12-19/h7-10,13-14,18H,6,11-12H2,1-5H3. The number of morpholine rings is 1. The fourth-order valence-corrected chi connectivity index (χ4v) is 3.05. The molecule has 0 aromatic heterocycles. The second kappa shape index (κ2) is 6.15. The highest BCUT2D eigenvalue weighted by atomic mass is 16.5. The van der Waals surface area contributed by atoms with Crippen molar-refractivity contribution in [2.24, 2.45) is 0 Å². The molecule has 1 aliphatic rings. The highest BCUT2D eigenvalue weighted by molar-refractivity contribution is 5.49. The maximum Gasteiger partial charge on any atom is 0.0805 e. The molecule has 1 aromatic rings. The van der Waals surface area contributed by atoms with Crippen LogP contribution in [0.5, 0.6) is 0 Å². The Bertz CT molecular complexity index is 427. The molecule has 0 bridgehead atoms. The average Bonchev–Trinajstić information content (AvgIpc) is 2.37. The van der Waals surface area contributed by atoms with Gasteiger partial charge in [-0.25, -0.2) is 0 Å². The van der Waals surface area contributed by atoms with Gasteiger partial charge in [-0.05, 0) is 51.9 Å². The molecule has 20 heavy (non-hydrogen) atoms. The summed E-state index contributed by atoms with van der Waals surface area (Å²) in [5.74, 6) is 0. The van der Waals surface area contributed by atoms with Crippen molar-refractivity contribution in [3.05, 3.63) is 29.8 Å². The van der Waals surface area contributed by atoms with Crippen LogP contribution in [-0.4, -0.2) is 31.3 Å². The lowest BCUT2D eigenvalue weighted by atomic mass is 10.0. The molecule has 0 radical (unpaired) electrons. The Morgan fingerprint density at radius 3 is 2.55 bits per heavy atom. The summed E-state index contributed by atoms with van der Waals surface area (Å²) in [6.45, 7) is 13.7. The molecular formula is C17H28N2O. The van der Waals surface area contributed by atoms with Crippen molar-refractivity contribution in [2.75, 3.05) is 24.5 Å². The molecule has 2 rings (SSSR count). The van der Waals surface area contributed by atoms with Crippen molar-refractivity contribution in [3.63, 3.8) is 0 Å². The number of hydrogen-bond donors (Lipinski definition) is 1. The van der Waals surface area contributed by atoms with Crippen LogP contribution in [0.25, 0.3) is 0 Å². The largest absolute Gasteiger partial charge is 0.369 e. The van der Waals surface area contributed by atoms with Gasteiger partial charge in [0.2, 0.25) is 0 Å². The van der Waals surface area contributed by atoms with Crippen molar-refractivity contribution < 1.29 is 4.74 Å². The van der Waals surface area contributed by atoms with Crippen LogP contribution >= 0.6 is 0 Å². The number of anilines is 1. The van der Waals surface area contributed by atoms with E-state index in [4.69, 9.17) is 4.74 Å². The predicted octanol–water partition coefficient (Wildman–Crippen LogP) is 3.36. The third-order valence-electron chi connectivity index (χ3n) is 3.84. The molecule has 0 amide bonds.